The molecule has 3 aromatic rings. The molecule has 0 unspecified atom stereocenters. The summed E-state index contributed by atoms with van der Waals surface area (Å²) in [4.78, 5) is 40.7. The lowest BCUT2D eigenvalue weighted by atomic mass is 9.55. The van der Waals surface area contributed by atoms with Crippen LogP contribution in [-0.4, -0.2) is 29.2 Å². The molecular formula is C26H18BrNO4. The van der Waals surface area contributed by atoms with Crippen LogP contribution in [0.3, 0.4) is 0 Å². The average Bonchev–Trinajstić information content (AvgIpc) is 3.06. The molecule has 0 N–H and O–H groups in total. The number of halogens is 1. The van der Waals surface area contributed by atoms with E-state index < -0.39 is 17.8 Å². The number of hydrogen-bond donors (Lipinski definition) is 0. The van der Waals surface area contributed by atoms with E-state index in [1.807, 2.05) is 24.3 Å². The molecule has 0 aromatic heterocycles. The van der Waals surface area contributed by atoms with Crippen molar-refractivity contribution < 1.29 is 19.1 Å². The zero-order valence-corrected chi connectivity index (χ0v) is 18.5. The van der Waals surface area contributed by atoms with E-state index in [1.54, 1.807) is 24.3 Å². The molecule has 1 aliphatic heterocycles. The molecule has 2 bridgehead atoms. The van der Waals surface area contributed by atoms with Gasteiger partial charge in [0, 0.05) is 16.3 Å². The van der Waals surface area contributed by atoms with Gasteiger partial charge in [-0.2, -0.15) is 0 Å². The minimum absolute atomic E-state index is 0.179. The lowest BCUT2D eigenvalue weighted by Gasteiger charge is -2.45. The van der Waals surface area contributed by atoms with E-state index in [9.17, 15) is 14.4 Å². The van der Waals surface area contributed by atoms with Crippen molar-refractivity contribution in [1.29, 1.82) is 0 Å². The summed E-state index contributed by atoms with van der Waals surface area (Å²) in [6.45, 7) is -0.382. The number of rotatable bonds is 3. The van der Waals surface area contributed by atoms with E-state index >= 15 is 0 Å². The number of imide groups is 1. The first kappa shape index (κ1) is 19.4. The average molecular weight is 488 g/mol. The number of likely N-dealkylation sites (tertiary alicyclic amines) is 1. The second-order valence-corrected chi connectivity index (χ2v) is 9.37. The Morgan fingerprint density at radius 3 is 1.62 bits per heavy atom. The lowest BCUT2D eigenvalue weighted by Crippen LogP contribution is -2.41. The minimum atomic E-state index is -0.630. The van der Waals surface area contributed by atoms with E-state index in [4.69, 9.17) is 4.74 Å². The number of carbonyl (C=O) groups is 3. The summed E-state index contributed by atoms with van der Waals surface area (Å²) in [7, 11) is 0. The third-order valence-electron chi connectivity index (χ3n) is 6.87. The van der Waals surface area contributed by atoms with E-state index in [-0.39, 0.29) is 30.2 Å². The zero-order valence-electron chi connectivity index (χ0n) is 16.9. The summed E-state index contributed by atoms with van der Waals surface area (Å²) in [6.07, 6.45) is 0. The van der Waals surface area contributed by atoms with E-state index in [0.717, 1.165) is 31.6 Å². The van der Waals surface area contributed by atoms with Gasteiger partial charge in [0.15, 0.2) is 0 Å². The summed E-state index contributed by atoms with van der Waals surface area (Å²) in [5, 5.41) is 0. The minimum Gasteiger partial charge on any atom is -0.425 e. The van der Waals surface area contributed by atoms with Gasteiger partial charge in [-0.1, -0.05) is 64.5 Å². The molecule has 1 heterocycles. The molecular weight excluding hydrogens is 470 g/mol. The first-order valence-electron chi connectivity index (χ1n) is 10.5. The highest BCUT2D eigenvalue weighted by Crippen LogP contribution is 2.60. The number of hydrogen-bond acceptors (Lipinski definition) is 4. The molecule has 32 heavy (non-hydrogen) atoms. The predicted octanol–water partition coefficient (Wildman–Crippen LogP) is 4.25. The third kappa shape index (κ3) is 2.72. The molecule has 0 spiro atoms. The maximum atomic E-state index is 13.5. The van der Waals surface area contributed by atoms with Crippen molar-refractivity contribution in [2.75, 3.05) is 6.54 Å². The number of esters is 1. The Kier molecular flexibility index (Phi) is 4.33. The Morgan fingerprint density at radius 2 is 1.19 bits per heavy atom. The third-order valence-corrected chi connectivity index (χ3v) is 7.40. The fourth-order valence-corrected chi connectivity index (χ4v) is 5.95. The van der Waals surface area contributed by atoms with Crippen LogP contribution in [0.15, 0.2) is 77.3 Å². The summed E-state index contributed by atoms with van der Waals surface area (Å²) in [5.41, 5.74) is 4.44. The molecule has 3 aromatic carbocycles. The molecule has 0 saturated carbocycles. The molecule has 1 fully saturated rings. The SMILES string of the molecule is O=C(CN1C(=O)[C@@H]2C3c4ccccc4C(c4ccccc43)[C@@H]2C1=O)Oc1ccc(Br)cc1. The molecule has 5 nitrogen and oxygen atoms in total. The number of ether oxygens (including phenoxy) is 1. The molecule has 1 saturated heterocycles. The summed E-state index contributed by atoms with van der Waals surface area (Å²) < 4.78 is 6.23. The van der Waals surface area contributed by atoms with Crippen LogP contribution in [0.25, 0.3) is 0 Å². The Morgan fingerprint density at radius 1 is 0.750 bits per heavy atom. The van der Waals surface area contributed by atoms with Crippen molar-refractivity contribution in [2.45, 2.75) is 11.8 Å². The van der Waals surface area contributed by atoms with E-state index in [1.165, 1.54) is 0 Å². The largest absolute Gasteiger partial charge is 0.425 e. The maximum Gasteiger partial charge on any atom is 0.331 e. The fraction of sp³-hybridized carbons (Fsp3) is 0.192. The molecule has 2 amide bonds. The van der Waals surface area contributed by atoms with Crippen molar-refractivity contribution in [1.82, 2.24) is 4.90 Å². The van der Waals surface area contributed by atoms with Gasteiger partial charge >= 0.3 is 5.97 Å². The highest BCUT2D eigenvalue weighted by atomic mass is 79.9. The van der Waals surface area contributed by atoms with Gasteiger partial charge in [-0.3, -0.25) is 14.5 Å². The molecule has 6 heteroatoms. The predicted molar refractivity (Wildman–Crippen MR) is 120 cm³/mol. The first-order chi connectivity index (χ1) is 15.5. The lowest BCUT2D eigenvalue weighted by molar-refractivity contribution is -0.148. The summed E-state index contributed by atoms with van der Waals surface area (Å²) in [6, 6.07) is 23.0. The molecule has 4 aliphatic rings. The Balaban J connectivity index is 1.34. The van der Waals surface area contributed by atoms with E-state index in [2.05, 4.69) is 40.2 Å². The van der Waals surface area contributed by atoms with Crippen LogP contribution in [-0.2, 0) is 14.4 Å². The Bertz CT molecular complexity index is 1170. The van der Waals surface area contributed by atoms with Gasteiger partial charge in [-0.25, -0.2) is 4.79 Å². The van der Waals surface area contributed by atoms with Crippen molar-refractivity contribution in [3.05, 3.63) is 99.5 Å². The first-order valence-corrected chi connectivity index (χ1v) is 11.3. The van der Waals surface area contributed by atoms with Gasteiger partial charge in [-0.05, 0) is 46.5 Å². The maximum absolute atomic E-state index is 13.5. The Labute approximate surface area is 193 Å². The fourth-order valence-electron chi connectivity index (χ4n) is 5.69. The van der Waals surface area contributed by atoms with Crippen molar-refractivity contribution in [2.24, 2.45) is 11.8 Å². The van der Waals surface area contributed by atoms with Gasteiger partial charge in [0.25, 0.3) is 0 Å². The van der Waals surface area contributed by atoms with Crippen LogP contribution in [0.2, 0.25) is 0 Å². The summed E-state index contributed by atoms with van der Waals surface area (Å²) >= 11 is 3.34. The van der Waals surface area contributed by atoms with Gasteiger partial charge in [-0.15, -0.1) is 0 Å². The van der Waals surface area contributed by atoms with E-state index in [0.29, 0.717) is 5.75 Å². The number of benzene rings is 3. The molecule has 2 atom stereocenters. The molecule has 0 radical (unpaired) electrons. The van der Waals surface area contributed by atoms with Crippen molar-refractivity contribution in [3.8, 4) is 5.75 Å². The molecule has 7 rings (SSSR count). The zero-order chi connectivity index (χ0) is 22.0. The topological polar surface area (TPSA) is 63.7 Å². The normalized spacial score (nSPS) is 24.7. The number of carbonyl (C=O) groups excluding carboxylic acids is 3. The second kappa shape index (κ2) is 7.14. The highest BCUT2D eigenvalue weighted by molar-refractivity contribution is 9.10. The van der Waals surface area contributed by atoms with Crippen LogP contribution >= 0.6 is 15.9 Å². The van der Waals surface area contributed by atoms with Crippen LogP contribution in [0, 0.1) is 11.8 Å². The molecule has 158 valence electrons. The van der Waals surface area contributed by atoms with Gasteiger partial charge in [0.1, 0.15) is 12.3 Å². The molecule has 3 aliphatic carbocycles. The number of amides is 2. The van der Waals surface area contributed by atoms with Crippen molar-refractivity contribution in [3.63, 3.8) is 0 Å². The van der Waals surface area contributed by atoms with Crippen LogP contribution in [0.5, 0.6) is 5.75 Å². The van der Waals surface area contributed by atoms with Gasteiger partial charge < -0.3 is 4.74 Å². The van der Waals surface area contributed by atoms with Gasteiger partial charge in [0.2, 0.25) is 11.8 Å². The standard InChI is InChI=1S/C26H18BrNO4/c27-14-9-11-15(12-10-14)32-20(29)13-28-25(30)23-21-16-5-1-2-6-17(16)22(24(23)26(28)31)19-8-4-3-7-18(19)21/h1-12,21-24H,13H2/t21?,22?,23-,24+. The highest BCUT2D eigenvalue weighted by Gasteiger charge is 2.61. The van der Waals surface area contributed by atoms with Crippen molar-refractivity contribution >= 4 is 33.7 Å². The summed E-state index contributed by atoms with van der Waals surface area (Å²) in [5.74, 6) is -2.17. The Hall–Kier alpha value is -3.25. The monoisotopic (exact) mass is 487 g/mol. The van der Waals surface area contributed by atoms with Crippen LogP contribution in [0.4, 0.5) is 0 Å². The van der Waals surface area contributed by atoms with Crippen LogP contribution < -0.4 is 4.74 Å². The quantitative estimate of drug-likeness (QED) is 0.314. The second-order valence-electron chi connectivity index (χ2n) is 8.46. The number of nitrogens with zero attached hydrogens (tertiary/aromatic N) is 1. The smallest absolute Gasteiger partial charge is 0.331 e. The van der Waals surface area contributed by atoms with Gasteiger partial charge in [0.05, 0.1) is 11.8 Å². The van der Waals surface area contributed by atoms with Crippen LogP contribution in [0.1, 0.15) is 34.1 Å².